The van der Waals surface area contributed by atoms with E-state index in [4.69, 9.17) is 0 Å². The van der Waals surface area contributed by atoms with Crippen LogP contribution in [0.25, 0.3) is 77.2 Å². The van der Waals surface area contributed by atoms with E-state index >= 15 is 0 Å². The molecule has 0 spiro atoms. The Kier molecular flexibility index (Phi) is 8.01. The van der Waals surface area contributed by atoms with Crippen LogP contribution in [-0.4, -0.2) is 9.13 Å². The first-order chi connectivity index (χ1) is 28.6. The van der Waals surface area contributed by atoms with Crippen LogP contribution < -0.4 is 5.32 Å². The first-order valence-electron chi connectivity index (χ1n) is 20.2. The molecule has 3 heteroatoms. The lowest BCUT2D eigenvalue weighted by Gasteiger charge is -2.30. The third kappa shape index (κ3) is 5.58. The van der Waals surface area contributed by atoms with Gasteiger partial charge in [-0.3, -0.25) is 0 Å². The van der Waals surface area contributed by atoms with Crippen molar-refractivity contribution in [3.8, 4) is 33.6 Å². The van der Waals surface area contributed by atoms with Crippen molar-refractivity contribution >= 4 is 55.0 Å². The molecule has 1 aliphatic carbocycles. The minimum Gasteiger partial charge on any atom is -0.355 e. The maximum atomic E-state index is 3.75. The average molecular weight is 744 g/mol. The molecule has 0 radical (unpaired) electrons. The Balaban J connectivity index is 1.15. The zero-order valence-corrected chi connectivity index (χ0v) is 32.3. The van der Waals surface area contributed by atoms with E-state index in [1.54, 1.807) is 0 Å². The van der Waals surface area contributed by atoms with Crippen LogP contribution in [0, 0.1) is 0 Å². The van der Waals surface area contributed by atoms with Crippen LogP contribution in [0.2, 0.25) is 0 Å². The second kappa shape index (κ2) is 13.7. The summed E-state index contributed by atoms with van der Waals surface area (Å²) < 4.78 is 4.91. The topological polar surface area (TPSA) is 21.9 Å². The van der Waals surface area contributed by atoms with Gasteiger partial charge in [0.1, 0.15) is 0 Å². The van der Waals surface area contributed by atoms with Crippen molar-refractivity contribution in [3.05, 3.63) is 218 Å². The van der Waals surface area contributed by atoms with Crippen molar-refractivity contribution in [3.63, 3.8) is 0 Å². The number of para-hydroxylation sites is 3. The number of allylic oxidation sites excluding steroid dienone is 4. The largest absolute Gasteiger partial charge is 0.355 e. The highest BCUT2D eigenvalue weighted by atomic mass is 15.0. The number of rotatable bonds is 7. The third-order valence-corrected chi connectivity index (χ3v) is 12.1. The Labute approximate surface area is 338 Å². The number of fused-ring (bicyclic) bond motifs is 7. The molecule has 0 amide bonds. The fraction of sp³-hybridized carbons (Fsp3) is 0.0545. The average Bonchev–Trinajstić information content (AvgIpc) is 3.80. The van der Waals surface area contributed by atoms with Gasteiger partial charge in [0.05, 0.1) is 22.1 Å². The number of nitrogens with zero attached hydrogens (tertiary/aromatic N) is 2. The lowest BCUT2D eigenvalue weighted by Crippen LogP contribution is -2.21. The van der Waals surface area contributed by atoms with Gasteiger partial charge in [-0.05, 0) is 107 Å². The minimum atomic E-state index is -0.146. The van der Waals surface area contributed by atoms with Crippen LogP contribution in [0.15, 0.2) is 212 Å². The standard InChI is InChI=1S/C55H41N3/c1-55(34-14-5-15-35-55)48-37-41(26-31-49(48)56-42-18-8-3-9-19-42)40-27-32-51-47(36-40)45-30-33-52-53(46-22-12-13-23-50(46)57(52)43-20-10-4-11-21-43)54(45)58(51)44-28-24-39(25-29-44)38-16-6-2-7-17-38/h2-34,36-37,56H,35H2,1H3. The summed E-state index contributed by atoms with van der Waals surface area (Å²) in [6, 6.07) is 68.4. The molecule has 0 aliphatic heterocycles. The van der Waals surface area contributed by atoms with Crippen LogP contribution in [-0.2, 0) is 5.41 Å². The second-order valence-corrected chi connectivity index (χ2v) is 15.7. The molecular formula is C55H41N3. The maximum Gasteiger partial charge on any atom is 0.0641 e. The van der Waals surface area contributed by atoms with Gasteiger partial charge in [-0.25, -0.2) is 0 Å². The molecule has 0 saturated heterocycles. The zero-order valence-electron chi connectivity index (χ0n) is 32.3. The summed E-state index contributed by atoms with van der Waals surface area (Å²) in [4.78, 5) is 0. The van der Waals surface area contributed by atoms with E-state index in [0.717, 1.165) is 29.2 Å². The minimum absolute atomic E-state index is 0.146. The van der Waals surface area contributed by atoms with E-state index in [9.17, 15) is 0 Å². The summed E-state index contributed by atoms with van der Waals surface area (Å²) in [6.07, 6.45) is 9.91. The van der Waals surface area contributed by atoms with Gasteiger partial charge in [0.15, 0.2) is 0 Å². The highest BCUT2D eigenvalue weighted by molar-refractivity contribution is 6.26. The number of aromatic nitrogens is 2. The molecule has 1 atom stereocenters. The first-order valence-corrected chi connectivity index (χ1v) is 20.2. The van der Waals surface area contributed by atoms with E-state index in [1.807, 2.05) is 0 Å². The van der Waals surface area contributed by atoms with Gasteiger partial charge in [-0.15, -0.1) is 0 Å². The fourth-order valence-electron chi connectivity index (χ4n) is 9.20. The predicted octanol–water partition coefficient (Wildman–Crippen LogP) is 14.7. The summed E-state index contributed by atoms with van der Waals surface area (Å²) in [7, 11) is 0. The quantitative estimate of drug-likeness (QED) is 0.172. The van der Waals surface area contributed by atoms with Crippen LogP contribution >= 0.6 is 0 Å². The van der Waals surface area contributed by atoms with Crippen molar-refractivity contribution in [1.29, 1.82) is 0 Å². The number of benzene rings is 8. The molecule has 11 rings (SSSR count). The summed E-state index contributed by atoms with van der Waals surface area (Å²) in [5.74, 6) is 0. The van der Waals surface area contributed by atoms with Crippen molar-refractivity contribution in [2.75, 3.05) is 5.32 Å². The Bertz CT molecular complexity index is 3200. The molecule has 10 aromatic rings. The lowest BCUT2D eigenvalue weighted by molar-refractivity contribution is 0.602. The molecule has 1 aliphatic rings. The molecule has 1 N–H and O–H groups in total. The van der Waals surface area contributed by atoms with E-state index in [1.165, 1.54) is 71.4 Å². The zero-order chi connectivity index (χ0) is 38.6. The first kappa shape index (κ1) is 33.9. The highest BCUT2D eigenvalue weighted by Crippen LogP contribution is 2.44. The molecule has 1 unspecified atom stereocenters. The van der Waals surface area contributed by atoms with E-state index in [2.05, 4.69) is 234 Å². The van der Waals surface area contributed by atoms with Gasteiger partial charge in [0.25, 0.3) is 0 Å². The van der Waals surface area contributed by atoms with Gasteiger partial charge >= 0.3 is 0 Å². The van der Waals surface area contributed by atoms with Gasteiger partial charge in [-0.2, -0.15) is 0 Å². The number of nitrogens with one attached hydrogen (secondary N) is 1. The van der Waals surface area contributed by atoms with Crippen LogP contribution in [0.5, 0.6) is 0 Å². The van der Waals surface area contributed by atoms with Gasteiger partial charge in [0.2, 0.25) is 0 Å². The SMILES string of the molecule is CC1(c2cc(-c3ccc4c(c3)c3ccc5c(c6ccccc6n5-c5ccccc5)c3n4-c3ccc(-c4ccccc4)cc3)ccc2Nc2ccccc2)C=CC=CC1. The predicted molar refractivity (Wildman–Crippen MR) is 246 cm³/mol. The molecule has 2 heterocycles. The van der Waals surface area contributed by atoms with Crippen molar-refractivity contribution in [2.45, 2.75) is 18.8 Å². The van der Waals surface area contributed by atoms with E-state index < -0.39 is 0 Å². The Morgan fingerprint density at radius 2 is 1.09 bits per heavy atom. The Morgan fingerprint density at radius 3 is 1.86 bits per heavy atom. The number of hydrogen-bond donors (Lipinski definition) is 1. The van der Waals surface area contributed by atoms with Crippen LogP contribution in [0.3, 0.4) is 0 Å². The van der Waals surface area contributed by atoms with Gasteiger partial charge < -0.3 is 14.5 Å². The summed E-state index contributed by atoms with van der Waals surface area (Å²) in [5.41, 5.74) is 15.3. The van der Waals surface area contributed by atoms with E-state index in [0.29, 0.717) is 0 Å². The van der Waals surface area contributed by atoms with Crippen molar-refractivity contribution in [1.82, 2.24) is 9.13 Å². The third-order valence-electron chi connectivity index (χ3n) is 12.1. The molecule has 0 fully saturated rings. The van der Waals surface area contributed by atoms with Crippen LogP contribution in [0.4, 0.5) is 11.4 Å². The smallest absolute Gasteiger partial charge is 0.0641 e. The number of anilines is 2. The lowest BCUT2D eigenvalue weighted by atomic mass is 9.75. The summed E-state index contributed by atoms with van der Waals surface area (Å²) in [5, 5.41) is 8.71. The fourth-order valence-corrected chi connectivity index (χ4v) is 9.20. The molecule has 0 saturated carbocycles. The maximum absolute atomic E-state index is 3.75. The second-order valence-electron chi connectivity index (χ2n) is 15.7. The van der Waals surface area contributed by atoms with Crippen molar-refractivity contribution < 1.29 is 0 Å². The molecule has 8 aromatic carbocycles. The van der Waals surface area contributed by atoms with E-state index in [-0.39, 0.29) is 5.41 Å². The van der Waals surface area contributed by atoms with Gasteiger partial charge in [0, 0.05) is 49.7 Å². The normalized spacial score (nSPS) is 15.2. The molecule has 276 valence electrons. The molecule has 58 heavy (non-hydrogen) atoms. The monoisotopic (exact) mass is 743 g/mol. The Morgan fingerprint density at radius 1 is 0.466 bits per heavy atom. The van der Waals surface area contributed by atoms with Crippen LogP contribution in [0.1, 0.15) is 18.9 Å². The van der Waals surface area contributed by atoms with Gasteiger partial charge in [-0.1, -0.05) is 146 Å². The Hall–Kier alpha value is -7.36. The molecular weight excluding hydrogens is 703 g/mol. The molecule has 2 aromatic heterocycles. The summed E-state index contributed by atoms with van der Waals surface area (Å²) in [6.45, 7) is 2.35. The highest BCUT2D eigenvalue weighted by Gasteiger charge is 2.28. The number of hydrogen-bond acceptors (Lipinski definition) is 1. The summed E-state index contributed by atoms with van der Waals surface area (Å²) >= 11 is 0. The van der Waals surface area contributed by atoms with Crippen molar-refractivity contribution in [2.24, 2.45) is 0 Å². The molecule has 0 bridgehead atoms. The molecule has 3 nitrogen and oxygen atoms in total.